The zero-order chi connectivity index (χ0) is 14.3. The van der Waals surface area contributed by atoms with E-state index in [1.54, 1.807) is 20.8 Å². The highest BCUT2D eigenvalue weighted by Crippen LogP contribution is 2.37. The molecule has 0 aliphatic carbocycles. The Hall–Kier alpha value is -0.910. The lowest BCUT2D eigenvalue weighted by atomic mass is 10.1. The summed E-state index contributed by atoms with van der Waals surface area (Å²) in [4.78, 5) is 0. The van der Waals surface area contributed by atoms with Crippen molar-refractivity contribution in [3.05, 3.63) is 35.9 Å². The molecule has 1 heterocycles. The average Bonchev–Trinajstić information content (AvgIpc) is 2.71. The molecule has 106 valence electrons. The maximum absolute atomic E-state index is 12.6. The number of sulfonamides is 1. The van der Waals surface area contributed by atoms with E-state index in [0.29, 0.717) is 6.42 Å². The highest BCUT2D eigenvalue weighted by molar-refractivity contribution is 7.90. The summed E-state index contributed by atoms with van der Waals surface area (Å²) in [6.07, 6.45) is -0.137. The number of rotatable bonds is 2. The lowest BCUT2D eigenvalue weighted by molar-refractivity contribution is 0.188. The summed E-state index contributed by atoms with van der Waals surface area (Å²) < 4.78 is 25.8. The Labute approximate surface area is 115 Å². The van der Waals surface area contributed by atoms with E-state index in [-0.39, 0.29) is 12.6 Å². The molecule has 1 aliphatic rings. The molecular formula is C14H21NO3S. The summed E-state index contributed by atoms with van der Waals surface area (Å²) in [7, 11) is -3.43. The van der Waals surface area contributed by atoms with Gasteiger partial charge >= 0.3 is 0 Å². The molecule has 1 aromatic carbocycles. The van der Waals surface area contributed by atoms with Crippen LogP contribution in [0, 0.1) is 0 Å². The number of β-amino-alcohol motifs (C(OH)–C–C–N with tert-alkyl or cyclic N) is 1. The van der Waals surface area contributed by atoms with Gasteiger partial charge < -0.3 is 5.11 Å². The standard InChI is InChI=1S/C14H21NO3S/c1-14(2,3)19(17,18)15-10-12(16)9-13(15)11-7-5-4-6-8-11/h4-8,12-13,16H,9-10H2,1-3H3. The van der Waals surface area contributed by atoms with Gasteiger partial charge in [0.15, 0.2) is 0 Å². The van der Waals surface area contributed by atoms with Crippen molar-refractivity contribution in [3.8, 4) is 0 Å². The van der Waals surface area contributed by atoms with Gasteiger partial charge in [-0.1, -0.05) is 30.3 Å². The molecule has 1 fully saturated rings. The average molecular weight is 283 g/mol. The third kappa shape index (κ3) is 2.68. The van der Waals surface area contributed by atoms with Gasteiger partial charge in [0, 0.05) is 6.54 Å². The Morgan fingerprint density at radius 3 is 2.32 bits per heavy atom. The van der Waals surface area contributed by atoms with Crippen molar-refractivity contribution in [1.29, 1.82) is 0 Å². The minimum absolute atomic E-state index is 0.180. The van der Waals surface area contributed by atoms with Crippen LogP contribution in [-0.4, -0.2) is 35.2 Å². The number of hydrogen-bond donors (Lipinski definition) is 1. The summed E-state index contributed by atoms with van der Waals surface area (Å²) in [5, 5.41) is 9.85. The van der Waals surface area contributed by atoms with Gasteiger partial charge in [-0.25, -0.2) is 8.42 Å². The fourth-order valence-electron chi connectivity index (χ4n) is 2.38. The molecule has 1 N–H and O–H groups in total. The second-order valence-electron chi connectivity index (χ2n) is 6.00. The predicted molar refractivity (Wildman–Crippen MR) is 75.2 cm³/mol. The van der Waals surface area contributed by atoms with Gasteiger partial charge in [-0.15, -0.1) is 0 Å². The number of aliphatic hydroxyl groups excluding tert-OH is 1. The first-order valence-electron chi connectivity index (χ1n) is 6.48. The molecule has 19 heavy (non-hydrogen) atoms. The Morgan fingerprint density at radius 1 is 1.21 bits per heavy atom. The van der Waals surface area contributed by atoms with Crippen LogP contribution in [0.5, 0.6) is 0 Å². The fraction of sp³-hybridized carbons (Fsp3) is 0.571. The first-order valence-corrected chi connectivity index (χ1v) is 7.92. The van der Waals surface area contributed by atoms with Gasteiger partial charge in [0.1, 0.15) is 0 Å². The SMILES string of the molecule is CC(C)(C)S(=O)(=O)N1CC(O)CC1c1ccccc1. The molecule has 0 amide bonds. The molecule has 0 aromatic heterocycles. The third-order valence-corrected chi connectivity index (χ3v) is 6.07. The highest BCUT2D eigenvalue weighted by Gasteiger charge is 2.44. The van der Waals surface area contributed by atoms with Gasteiger partial charge in [-0.2, -0.15) is 4.31 Å². The molecule has 1 aliphatic heterocycles. The number of hydrogen-bond acceptors (Lipinski definition) is 3. The molecule has 0 saturated carbocycles. The monoisotopic (exact) mass is 283 g/mol. The van der Waals surface area contributed by atoms with E-state index in [1.165, 1.54) is 4.31 Å². The van der Waals surface area contributed by atoms with Crippen LogP contribution in [0.25, 0.3) is 0 Å². The van der Waals surface area contributed by atoms with Crippen LogP contribution in [0.4, 0.5) is 0 Å². The van der Waals surface area contributed by atoms with Crippen molar-refractivity contribution in [2.75, 3.05) is 6.54 Å². The summed E-state index contributed by atoms with van der Waals surface area (Å²) in [6.45, 7) is 5.25. The second kappa shape index (κ2) is 4.89. The van der Waals surface area contributed by atoms with E-state index in [9.17, 15) is 13.5 Å². The molecular weight excluding hydrogens is 262 g/mol. The number of aliphatic hydroxyl groups is 1. The Morgan fingerprint density at radius 2 is 1.79 bits per heavy atom. The summed E-state index contributed by atoms with van der Waals surface area (Å²) in [6, 6.07) is 9.24. The van der Waals surface area contributed by atoms with Crippen LogP contribution in [-0.2, 0) is 10.0 Å². The smallest absolute Gasteiger partial charge is 0.219 e. The van der Waals surface area contributed by atoms with Crippen LogP contribution in [0.1, 0.15) is 38.8 Å². The molecule has 2 unspecified atom stereocenters. The van der Waals surface area contributed by atoms with Crippen LogP contribution in [0.2, 0.25) is 0 Å². The van der Waals surface area contributed by atoms with E-state index in [1.807, 2.05) is 30.3 Å². The van der Waals surface area contributed by atoms with Gasteiger partial charge in [-0.05, 0) is 32.8 Å². The Bertz CT molecular complexity index is 534. The third-order valence-electron chi connectivity index (χ3n) is 3.50. The fourth-order valence-corrected chi connectivity index (χ4v) is 3.99. The van der Waals surface area contributed by atoms with Gasteiger partial charge in [0.05, 0.1) is 16.9 Å². The minimum Gasteiger partial charge on any atom is -0.392 e. The maximum Gasteiger partial charge on any atom is 0.219 e. The van der Waals surface area contributed by atoms with Crippen molar-refractivity contribution in [1.82, 2.24) is 4.31 Å². The van der Waals surface area contributed by atoms with Crippen LogP contribution < -0.4 is 0 Å². The van der Waals surface area contributed by atoms with E-state index < -0.39 is 20.9 Å². The van der Waals surface area contributed by atoms with Crippen molar-refractivity contribution in [2.24, 2.45) is 0 Å². The molecule has 1 saturated heterocycles. The quantitative estimate of drug-likeness (QED) is 0.902. The van der Waals surface area contributed by atoms with Gasteiger partial charge in [0.25, 0.3) is 0 Å². The summed E-state index contributed by atoms with van der Waals surface area (Å²) in [5.74, 6) is 0. The van der Waals surface area contributed by atoms with Crippen LogP contribution >= 0.6 is 0 Å². The molecule has 4 nitrogen and oxygen atoms in total. The first kappa shape index (κ1) is 14.5. The summed E-state index contributed by atoms with van der Waals surface area (Å²) >= 11 is 0. The number of nitrogens with zero attached hydrogens (tertiary/aromatic N) is 1. The van der Waals surface area contributed by atoms with Gasteiger partial charge in [0.2, 0.25) is 10.0 Å². The van der Waals surface area contributed by atoms with Crippen molar-refractivity contribution < 1.29 is 13.5 Å². The molecule has 0 bridgehead atoms. The molecule has 1 aromatic rings. The molecule has 5 heteroatoms. The van der Waals surface area contributed by atoms with Crippen molar-refractivity contribution >= 4 is 10.0 Å². The molecule has 2 rings (SSSR count). The van der Waals surface area contributed by atoms with Crippen LogP contribution in [0.3, 0.4) is 0 Å². The lowest BCUT2D eigenvalue weighted by Crippen LogP contribution is -2.43. The second-order valence-corrected chi connectivity index (χ2v) is 8.65. The number of benzene rings is 1. The molecule has 0 spiro atoms. The predicted octanol–water partition coefficient (Wildman–Crippen LogP) is 1.92. The minimum atomic E-state index is -3.43. The normalized spacial score (nSPS) is 25.7. The zero-order valence-corrected chi connectivity index (χ0v) is 12.4. The maximum atomic E-state index is 12.6. The van der Waals surface area contributed by atoms with E-state index in [0.717, 1.165) is 5.56 Å². The van der Waals surface area contributed by atoms with E-state index in [4.69, 9.17) is 0 Å². The van der Waals surface area contributed by atoms with E-state index in [2.05, 4.69) is 0 Å². The van der Waals surface area contributed by atoms with Crippen LogP contribution in [0.15, 0.2) is 30.3 Å². The van der Waals surface area contributed by atoms with E-state index >= 15 is 0 Å². The largest absolute Gasteiger partial charge is 0.392 e. The highest BCUT2D eigenvalue weighted by atomic mass is 32.2. The first-order chi connectivity index (χ1) is 8.73. The molecule has 0 radical (unpaired) electrons. The van der Waals surface area contributed by atoms with Crippen molar-refractivity contribution in [2.45, 2.75) is 44.1 Å². The zero-order valence-electron chi connectivity index (χ0n) is 11.6. The lowest BCUT2D eigenvalue weighted by Gasteiger charge is -2.31. The Kier molecular flexibility index (Phi) is 3.73. The van der Waals surface area contributed by atoms with Gasteiger partial charge in [-0.3, -0.25) is 0 Å². The Balaban J connectivity index is 2.40. The molecule has 2 atom stereocenters. The summed E-state index contributed by atoms with van der Waals surface area (Å²) in [5.41, 5.74) is 0.937. The topological polar surface area (TPSA) is 57.6 Å². The van der Waals surface area contributed by atoms with Crippen molar-refractivity contribution in [3.63, 3.8) is 0 Å².